The van der Waals surface area contributed by atoms with E-state index < -0.39 is 34.9 Å². The summed E-state index contributed by atoms with van der Waals surface area (Å²) in [5, 5.41) is 3.49. The Hall–Kier alpha value is -3.28. The summed E-state index contributed by atoms with van der Waals surface area (Å²) in [4.78, 5) is 8.78. The fourth-order valence-corrected chi connectivity index (χ4v) is 4.78. The van der Waals surface area contributed by atoms with Crippen molar-refractivity contribution in [2.45, 2.75) is 44.8 Å². The molecule has 1 aromatic heterocycles. The van der Waals surface area contributed by atoms with Gasteiger partial charge in [-0.05, 0) is 43.7 Å². The minimum absolute atomic E-state index is 0.0479. The van der Waals surface area contributed by atoms with Gasteiger partial charge in [0.2, 0.25) is 5.92 Å². The normalized spacial score (nSPS) is 17.1. The van der Waals surface area contributed by atoms with Crippen molar-refractivity contribution < 1.29 is 40.6 Å². The number of rotatable bonds is 9. The van der Waals surface area contributed by atoms with Crippen LogP contribution in [0, 0.1) is 18.2 Å². The van der Waals surface area contributed by atoms with Gasteiger partial charge in [-0.1, -0.05) is 0 Å². The summed E-state index contributed by atoms with van der Waals surface area (Å²) < 4.78 is 97.4. The summed E-state index contributed by atoms with van der Waals surface area (Å²) in [6.07, 6.45) is -5.45. The number of benzene rings is 2. The number of aryl methyl sites for hydroxylation is 1. The predicted molar refractivity (Wildman–Crippen MR) is 128 cm³/mol. The molecule has 6 nitrogen and oxygen atoms in total. The predicted octanol–water partition coefficient (Wildman–Crippen LogP) is 6.72. The monoisotopic (exact) mass is 543 g/mol. The molecule has 0 saturated heterocycles. The second kappa shape index (κ2) is 10.1. The number of halogens is 6. The van der Waals surface area contributed by atoms with Gasteiger partial charge >= 0.3 is 6.18 Å². The average Bonchev–Trinajstić information content (AvgIpc) is 2.80. The Morgan fingerprint density at radius 3 is 2.32 bits per heavy atom. The van der Waals surface area contributed by atoms with Crippen LogP contribution in [0.3, 0.4) is 0 Å². The van der Waals surface area contributed by atoms with Crippen LogP contribution in [0.2, 0.25) is 0 Å². The molecule has 1 fully saturated rings. The molecular weight excluding hydrogens is 516 g/mol. The van der Waals surface area contributed by atoms with Crippen molar-refractivity contribution in [3.05, 3.63) is 53.1 Å². The van der Waals surface area contributed by atoms with Crippen LogP contribution in [0.1, 0.15) is 42.8 Å². The number of hydrogen-bond acceptors (Lipinski definition) is 6. The molecule has 206 valence electrons. The molecule has 38 heavy (non-hydrogen) atoms. The second-order valence-electron chi connectivity index (χ2n) is 9.71. The molecular formula is C26H27F6N3O3. The maximum Gasteiger partial charge on any atom is 0.416 e. The fraction of sp³-hybridized carbons (Fsp3) is 0.462. The van der Waals surface area contributed by atoms with Crippen molar-refractivity contribution in [1.29, 1.82) is 0 Å². The summed E-state index contributed by atoms with van der Waals surface area (Å²) in [5.41, 5.74) is -1.44. The number of ether oxygens (including phenoxy) is 3. The highest BCUT2D eigenvalue weighted by molar-refractivity contribution is 5.92. The van der Waals surface area contributed by atoms with Gasteiger partial charge in [-0.15, -0.1) is 0 Å². The number of fused-ring (bicyclic) bond motifs is 1. The van der Waals surface area contributed by atoms with Crippen LogP contribution in [0.25, 0.3) is 10.9 Å². The molecule has 1 atom stereocenters. The maximum atomic E-state index is 14.0. The largest absolute Gasteiger partial charge is 0.493 e. The third kappa shape index (κ3) is 5.90. The van der Waals surface area contributed by atoms with Gasteiger partial charge in [-0.3, -0.25) is 0 Å². The third-order valence-electron chi connectivity index (χ3n) is 6.45. The average molecular weight is 544 g/mol. The van der Waals surface area contributed by atoms with Gasteiger partial charge in [-0.2, -0.15) is 13.2 Å². The molecule has 2 aromatic carbocycles. The van der Waals surface area contributed by atoms with E-state index in [9.17, 15) is 26.3 Å². The van der Waals surface area contributed by atoms with Crippen molar-refractivity contribution in [3.63, 3.8) is 0 Å². The van der Waals surface area contributed by atoms with Crippen LogP contribution in [-0.4, -0.2) is 43.3 Å². The van der Waals surface area contributed by atoms with Crippen molar-refractivity contribution in [1.82, 2.24) is 9.97 Å². The zero-order valence-corrected chi connectivity index (χ0v) is 21.2. The van der Waals surface area contributed by atoms with E-state index in [2.05, 4.69) is 15.3 Å². The van der Waals surface area contributed by atoms with Crippen molar-refractivity contribution >= 4 is 16.7 Å². The summed E-state index contributed by atoms with van der Waals surface area (Å²) in [7, 11) is 2.86. The van der Waals surface area contributed by atoms with Crippen molar-refractivity contribution in [3.8, 4) is 11.5 Å². The molecule has 1 saturated carbocycles. The standard InChI is InChI=1S/C26H27F6N3O3/c1-14(16-5-17(26(30,31)32)7-18(27)6-16)33-23-19-8-22(21(37-4)9-20(19)34-15(2)35-23)38-13-24(12-36-3)10-25(28,29)11-24/h5-9,14H,10-13H2,1-4H3,(H,33,34,35)/t14-/m1/s1. The smallest absolute Gasteiger partial charge is 0.416 e. The SMILES string of the molecule is COCC1(COc2cc3c(N[C@H](C)c4cc(F)cc(C(F)(F)F)c4)nc(C)nc3cc2OC)CC(F)(F)C1. The van der Waals surface area contributed by atoms with Crippen LogP contribution < -0.4 is 14.8 Å². The van der Waals surface area contributed by atoms with E-state index in [0.717, 1.165) is 12.1 Å². The Morgan fingerprint density at radius 1 is 1.00 bits per heavy atom. The van der Waals surface area contributed by atoms with Crippen LogP contribution in [0.4, 0.5) is 32.2 Å². The molecule has 4 rings (SSSR count). The first-order valence-electron chi connectivity index (χ1n) is 11.7. The van der Waals surface area contributed by atoms with Crippen LogP contribution in [0.15, 0.2) is 30.3 Å². The highest BCUT2D eigenvalue weighted by Gasteiger charge is 2.57. The third-order valence-corrected chi connectivity index (χ3v) is 6.45. The van der Waals surface area contributed by atoms with E-state index in [1.165, 1.54) is 14.2 Å². The van der Waals surface area contributed by atoms with Gasteiger partial charge in [0.15, 0.2) is 11.5 Å². The van der Waals surface area contributed by atoms with E-state index in [1.54, 1.807) is 26.0 Å². The van der Waals surface area contributed by atoms with E-state index in [1.807, 2.05) is 0 Å². The maximum absolute atomic E-state index is 14.0. The molecule has 0 bridgehead atoms. The number of nitrogens with one attached hydrogen (secondary N) is 1. The Kier molecular flexibility index (Phi) is 7.39. The van der Waals surface area contributed by atoms with Gasteiger partial charge in [0.05, 0.1) is 37.4 Å². The van der Waals surface area contributed by atoms with Gasteiger partial charge in [0.1, 0.15) is 17.5 Å². The summed E-state index contributed by atoms with van der Waals surface area (Å²) in [6, 6.07) is 4.73. The van der Waals surface area contributed by atoms with Gasteiger partial charge in [-0.25, -0.2) is 23.1 Å². The summed E-state index contributed by atoms with van der Waals surface area (Å²) in [6.45, 7) is 3.26. The highest BCUT2D eigenvalue weighted by Crippen LogP contribution is 2.52. The number of nitrogens with zero attached hydrogens (tertiary/aromatic N) is 2. The molecule has 0 amide bonds. The van der Waals surface area contributed by atoms with Crippen LogP contribution >= 0.6 is 0 Å². The van der Waals surface area contributed by atoms with Crippen molar-refractivity contribution in [2.75, 3.05) is 32.8 Å². The van der Waals surface area contributed by atoms with Gasteiger partial charge in [0.25, 0.3) is 0 Å². The number of aromatic nitrogens is 2. The Labute approximate surface area is 215 Å². The summed E-state index contributed by atoms with van der Waals surface area (Å²) >= 11 is 0. The molecule has 0 unspecified atom stereocenters. The van der Waals surface area contributed by atoms with E-state index in [-0.39, 0.29) is 43.2 Å². The molecule has 12 heteroatoms. The lowest BCUT2D eigenvalue weighted by atomic mass is 9.67. The molecule has 3 aromatic rings. The molecule has 0 radical (unpaired) electrons. The first-order valence-corrected chi connectivity index (χ1v) is 11.7. The minimum atomic E-state index is -4.71. The number of anilines is 1. The lowest BCUT2D eigenvalue weighted by molar-refractivity contribution is -0.190. The molecule has 1 heterocycles. The van der Waals surface area contributed by atoms with Gasteiger partial charge < -0.3 is 19.5 Å². The Balaban J connectivity index is 1.66. The number of alkyl halides is 5. The van der Waals surface area contributed by atoms with Crippen LogP contribution in [-0.2, 0) is 10.9 Å². The molecule has 1 N–H and O–H groups in total. The lowest BCUT2D eigenvalue weighted by Gasteiger charge is -2.46. The quantitative estimate of drug-likeness (QED) is 0.303. The molecule has 0 aliphatic heterocycles. The molecule has 0 spiro atoms. The first-order chi connectivity index (χ1) is 17.7. The number of methoxy groups -OCH3 is 2. The van der Waals surface area contributed by atoms with E-state index in [0.29, 0.717) is 28.5 Å². The van der Waals surface area contributed by atoms with E-state index >= 15 is 0 Å². The molecule has 1 aliphatic carbocycles. The Morgan fingerprint density at radius 2 is 1.71 bits per heavy atom. The lowest BCUT2D eigenvalue weighted by Crippen LogP contribution is -2.52. The Bertz CT molecular complexity index is 1320. The highest BCUT2D eigenvalue weighted by atomic mass is 19.4. The summed E-state index contributed by atoms with van der Waals surface area (Å²) in [5.74, 6) is -2.59. The minimum Gasteiger partial charge on any atom is -0.493 e. The van der Waals surface area contributed by atoms with E-state index in [4.69, 9.17) is 14.2 Å². The fourth-order valence-electron chi connectivity index (χ4n) is 4.78. The molecule has 1 aliphatic rings. The first kappa shape index (κ1) is 27.7. The second-order valence-corrected chi connectivity index (χ2v) is 9.71. The van der Waals surface area contributed by atoms with Crippen molar-refractivity contribution in [2.24, 2.45) is 5.41 Å². The van der Waals surface area contributed by atoms with Crippen LogP contribution in [0.5, 0.6) is 11.5 Å². The number of hydrogen-bond donors (Lipinski definition) is 1. The van der Waals surface area contributed by atoms with Gasteiger partial charge in [0, 0.05) is 36.8 Å². The zero-order chi connectivity index (χ0) is 27.9. The topological polar surface area (TPSA) is 65.5 Å². The zero-order valence-electron chi connectivity index (χ0n) is 21.2.